The van der Waals surface area contributed by atoms with E-state index in [2.05, 4.69) is 5.10 Å². The Hall–Kier alpha value is -3.46. The second kappa shape index (κ2) is 7.10. The summed E-state index contributed by atoms with van der Waals surface area (Å²) in [6, 6.07) is 12.7. The maximum absolute atomic E-state index is 12.8. The molecular weight excluding hydrogens is 388 g/mol. The Morgan fingerprint density at radius 1 is 1.07 bits per heavy atom. The van der Waals surface area contributed by atoms with Crippen molar-refractivity contribution in [3.05, 3.63) is 86.6 Å². The normalized spacial score (nSPS) is 20.5. The van der Waals surface area contributed by atoms with Crippen molar-refractivity contribution in [1.82, 2.24) is 19.2 Å². The summed E-state index contributed by atoms with van der Waals surface area (Å²) in [5, 5.41) is 4.36. The van der Waals surface area contributed by atoms with Crippen LogP contribution in [0.5, 0.6) is 0 Å². The summed E-state index contributed by atoms with van der Waals surface area (Å²) in [6.07, 6.45) is 2.02. The molecule has 1 saturated heterocycles. The monoisotopic (exact) mass is 408 g/mol. The molecule has 1 atom stereocenters. The molecule has 1 fully saturated rings. The molecule has 0 aliphatic carbocycles. The van der Waals surface area contributed by atoms with Gasteiger partial charge in [0.05, 0.1) is 25.9 Å². The van der Waals surface area contributed by atoms with E-state index in [4.69, 9.17) is 9.15 Å². The van der Waals surface area contributed by atoms with Gasteiger partial charge in [0.1, 0.15) is 12.2 Å². The lowest BCUT2D eigenvalue weighted by molar-refractivity contribution is -0.0843. The smallest absolute Gasteiger partial charge is 0.332 e. The first-order valence-corrected chi connectivity index (χ1v) is 9.76. The van der Waals surface area contributed by atoms with Crippen LogP contribution >= 0.6 is 0 Å². The van der Waals surface area contributed by atoms with Crippen molar-refractivity contribution in [2.45, 2.75) is 31.7 Å². The Labute approximate surface area is 171 Å². The van der Waals surface area contributed by atoms with Crippen LogP contribution in [0.4, 0.5) is 0 Å². The highest BCUT2D eigenvalue weighted by Crippen LogP contribution is 2.31. The first-order chi connectivity index (χ1) is 14.5. The number of carbonyl (C=O) groups excluding carboxylic acids is 1. The summed E-state index contributed by atoms with van der Waals surface area (Å²) in [6.45, 7) is 1.33. The van der Waals surface area contributed by atoms with E-state index in [0.29, 0.717) is 25.3 Å². The molecule has 2 aromatic heterocycles. The number of fused-ring (bicyclic) bond motifs is 1. The van der Waals surface area contributed by atoms with Crippen molar-refractivity contribution in [2.75, 3.05) is 13.1 Å². The van der Waals surface area contributed by atoms with E-state index in [9.17, 15) is 14.4 Å². The highest BCUT2D eigenvalue weighted by atomic mass is 16.5. The van der Waals surface area contributed by atoms with Crippen molar-refractivity contribution >= 4 is 5.91 Å². The van der Waals surface area contributed by atoms with Crippen LogP contribution in [-0.2, 0) is 24.4 Å². The third kappa shape index (κ3) is 3.17. The number of ether oxygens (including phenoxy) is 1. The van der Waals surface area contributed by atoms with Crippen LogP contribution in [0.3, 0.4) is 0 Å². The van der Waals surface area contributed by atoms with Gasteiger partial charge in [0.15, 0.2) is 11.6 Å². The topological polar surface area (TPSA) is 99.6 Å². The van der Waals surface area contributed by atoms with Gasteiger partial charge in [0.2, 0.25) is 0 Å². The molecule has 4 heterocycles. The molecule has 0 unspecified atom stereocenters. The fraction of sp³-hybridized carbons (Fsp3) is 0.333. The Bertz CT molecular complexity index is 1200. The van der Waals surface area contributed by atoms with Gasteiger partial charge in [-0.15, -0.1) is 0 Å². The van der Waals surface area contributed by atoms with Crippen LogP contribution < -0.4 is 11.1 Å². The van der Waals surface area contributed by atoms with Crippen LogP contribution in [0.25, 0.3) is 0 Å². The van der Waals surface area contributed by atoms with Gasteiger partial charge in [-0.3, -0.25) is 19.0 Å². The predicted octanol–water partition coefficient (Wildman–Crippen LogP) is 0.861. The number of benzene rings is 1. The van der Waals surface area contributed by atoms with Gasteiger partial charge in [0, 0.05) is 6.54 Å². The molecular formula is C21H20N4O5. The lowest BCUT2D eigenvalue weighted by Crippen LogP contribution is -2.53. The average molecular weight is 408 g/mol. The molecule has 0 radical (unpaired) electrons. The molecule has 1 aromatic carbocycles. The summed E-state index contributed by atoms with van der Waals surface area (Å²) in [5.74, 6) is 0.470. The van der Waals surface area contributed by atoms with E-state index >= 15 is 0 Å². The van der Waals surface area contributed by atoms with Crippen LogP contribution in [0, 0.1) is 0 Å². The zero-order valence-corrected chi connectivity index (χ0v) is 16.2. The minimum atomic E-state index is -0.710. The van der Waals surface area contributed by atoms with E-state index in [-0.39, 0.29) is 31.4 Å². The van der Waals surface area contributed by atoms with Gasteiger partial charge < -0.3 is 14.1 Å². The van der Waals surface area contributed by atoms with Crippen molar-refractivity contribution < 1.29 is 13.9 Å². The zero-order valence-electron chi connectivity index (χ0n) is 16.2. The van der Waals surface area contributed by atoms with Gasteiger partial charge in [-0.25, -0.2) is 4.68 Å². The maximum Gasteiger partial charge on any atom is 0.332 e. The summed E-state index contributed by atoms with van der Waals surface area (Å²) < 4.78 is 13.9. The summed E-state index contributed by atoms with van der Waals surface area (Å²) >= 11 is 0. The molecule has 9 heteroatoms. The summed E-state index contributed by atoms with van der Waals surface area (Å²) in [5.41, 5.74) is -1.11. The maximum atomic E-state index is 12.8. The third-order valence-corrected chi connectivity index (χ3v) is 5.67. The Balaban J connectivity index is 1.40. The van der Waals surface area contributed by atoms with Gasteiger partial charge in [0.25, 0.3) is 5.91 Å². The SMILES string of the molecule is O=C(c1ccco1)N1CC[C@@]2(C1)Cn1c(nn(Cc3ccccc3)c(=O)c1=O)CO2. The molecule has 9 nitrogen and oxygen atoms in total. The van der Waals surface area contributed by atoms with E-state index in [0.717, 1.165) is 5.56 Å². The number of amides is 1. The fourth-order valence-electron chi connectivity index (χ4n) is 4.09. The molecule has 1 spiro atoms. The van der Waals surface area contributed by atoms with Gasteiger partial charge in [-0.05, 0) is 24.1 Å². The highest BCUT2D eigenvalue weighted by Gasteiger charge is 2.45. The molecule has 1 amide bonds. The van der Waals surface area contributed by atoms with Gasteiger partial charge in [-0.2, -0.15) is 5.10 Å². The lowest BCUT2D eigenvalue weighted by Gasteiger charge is -2.35. The van der Waals surface area contributed by atoms with E-state index in [1.165, 1.54) is 15.5 Å². The molecule has 0 N–H and O–H groups in total. The van der Waals surface area contributed by atoms with Crippen molar-refractivity contribution in [3.63, 3.8) is 0 Å². The molecule has 0 saturated carbocycles. The molecule has 30 heavy (non-hydrogen) atoms. The standard InChI is InChI=1S/C21H20N4O5/c26-18(16-7-4-10-29-16)23-9-8-21(13-23)14-24-17(12-30-21)22-25(20(28)19(24)27)11-15-5-2-1-3-6-15/h1-7,10H,8-9,11-14H2/t21-/m1/s1. The van der Waals surface area contributed by atoms with Crippen LogP contribution in [-0.4, -0.2) is 43.8 Å². The Morgan fingerprint density at radius 2 is 1.90 bits per heavy atom. The first-order valence-electron chi connectivity index (χ1n) is 9.76. The van der Waals surface area contributed by atoms with Crippen LogP contribution in [0.2, 0.25) is 0 Å². The third-order valence-electron chi connectivity index (χ3n) is 5.67. The summed E-state index contributed by atoms with van der Waals surface area (Å²) in [7, 11) is 0. The van der Waals surface area contributed by atoms with E-state index in [1.54, 1.807) is 17.0 Å². The number of aromatic nitrogens is 3. The van der Waals surface area contributed by atoms with Crippen molar-refractivity contribution in [1.29, 1.82) is 0 Å². The molecule has 5 rings (SSSR count). The molecule has 2 aliphatic heterocycles. The second-order valence-electron chi connectivity index (χ2n) is 7.68. The first kappa shape index (κ1) is 18.6. The second-order valence-corrected chi connectivity index (χ2v) is 7.68. The zero-order chi connectivity index (χ0) is 20.7. The molecule has 3 aromatic rings. The largest absolute Gasteiger partial charge is 0.459 e. The number of likely N-dealkylation sites (tertiary alicyclic amines) is 1. The number of rotatable bonds is 3. The van der Waals surface area contributed by atoms with Crippen molar-refractivity contribution in [2.24, 2.45) is 0 Å². The minimum Gasteiger partial charge on any atom is -0.459 e. The van der Waals surface area contributed by atoms with Gasteiger partial charge >= 0.3 is 11.1 Å². The number of furan rings is 1. The number of hydrogen-bond acceptors (Lipinski definition) is 6. The Morgan fingerprint density at radius 3 is 2.67 bits per heavy atom. The minimum absolute atomic E-state index is 0.104. The van der Waals surface area contributed by atoms with Crippen LogP contribution in [0.1, 0.15) is 28.4 Å². The quantitative estimate of drug-likeness (QED) is 0.596. The predicted molar refractivity (Wildman–Crippen MR) is 105 cm³/mol. The van der Waals surface area contributed by atoms with Crippen molar-refractivity contribution in [3.8, 4) is 0 Å². The van der Waals surface area contributed by atoms with E-state index in [1.807, 2.05) is 30.3 Å². The lowest BCUT2D eigenvalue weighted by atomic mass is 10.0. The average Bonchev–Trinajstić information content (AvgIpc) is 3.44. The highest BCUT2D eigenvalue weighted by molar-refractivity contribution is 5.91. The molecule has 2 aliphatic rings. The Kier molecular flexibility index (Phi) is 4.39. The van der Waals surface area contributed by atoms with E-state index < -0.39 is 16.7 Å². The fourth-order valence-corrected chi connectivity index (χ4v) is 4.09. The molecule has 154 valence electrons. The molecule has 0 bridgehead atoms. The summed E-state index contributed by atoms with van der Waals surface area (Å²) in [4.78, 5) is 39.6. The van der Waals surface area contributed by atoms with Gasteiger partial charge in [-0.1, -0.05) is 30.3 Å². The number of hydrogen-bond donors (Lipinski definition) is 0. The van der Waals surface area contributed by atoms with Crippen LogP contribution in [0.15, 0.2) is 62.7 Å². The number of nitrogens with zero attached hydrogens (tertiary/aromatic N) is 4. The number of carbonyl (C=O) groups is 1.